The van der Waals surface area contributed by atoms with Gasteiger partial charge in [-0.3, -0.25) is 14.4 Å². The van der Waals surface area contributed by atoms with Gasteiger partial charge in [0.2, 0.25) is 0 Å². The molecule has 5 heterocycles. The largest absolute Gasteiger partial charge is 0.494 e. The summed E-state index contributed by atoms with van der Waals surface area (Å²) in [6, 6.07) is 17.7. The van der Waals surface area contributed by atoms with Crippen LogP contribution in [-0.4, -0.2) is 79.1 Å². The first-order valence-corrected chi connectivity index (χ1v) is 17.5. The second kappa shape index (κ2) is 11.3. The van der Waals surface area contributed by atoms with E-state index in [1.165, 1.54) is 29.0 Å². The Morgan fingerprint density at radius 2 is 1.69 bits per heavy atom. The number of benzene rings is 2. The zero-order valence-corrected chi connectivity index (χ0v) is 27.9. The lowest BCUT2D eigenvalue weighted by Crippen LogP contribution is -2.51. The van der Waals surface area contributed by atoms with Gasteiger partial charge in [0, 0.05) is 92.1 Å². The van der Waals surface area contributed by atoms with Gasteiger partial charge in [-0.1, -0.05) is 18.2 Å². The number of rotatable bonds is 8. The molecule has 2 bridgehead atoms. The highest BCUT2D eigenvalue weighted by molar-refractivity contribution is 6.01. The van der Waals surface area contributed by atoms with Crippen molar-refractivity contribution in [3.05, 3.63) is 82.3 Å². The van der Waals surface area contributed by atoms with Gasteiger partial charge in [-0.05, 0) is 67.9 Å². The summed E-state index contributed by atoms with van der Waals surface area (Å²) in [4.78, 5) is 48.5. The van der Waals surface area contributed by atoms with Crippen LogP contribution in [0.25, 0.3) is 33.5 Å². The molecule has 2 saturated carbocycles. The van der Waals surface area contributed by atoms with E-state index in [0.29, 0.717) is 60.4 Å². The van der Waals surface area contributed by atoms with E-state index in [0.717, 1.165) is 41.8 Å². The predicted molar refractivity (Wildman–Crippen MR) is 187 cm³/mol. The van der Waals surface area contributed by atoms with E-state index in [-0.39, 0.29) is 35.4 Å². The molecule has 11 nitrogen and oxygen atoms in total. The van der Waals surface area contributed by atoms with Crippen LogP contribution in [0.1, 0.15) is 46.4 Å². The number of likely N-dealkylation sites (tertiary alicyclic amines) is 2. The fourth-order valence-electron chi connectivity index (χ4n) is 8.45. The van der Waals surface area contributed by atoms with E-state index in [1.54, 1.807) is 31.3 Å². The van der Waals surface area contributed by atoms with Gasteiger partial charge in [0.15, 0.2) is 5.82 Å². The van der Waals surface area contributed by atoms with Gasteiger partial charge in [0.25, 0.3) is 17.4 Å². The van der Waals surface area contributed by atoms with E-state index in [1.807, 2.05) is 17.0 Å². The molecule has 2 amide bonds. The number of methoxy groups -OCH3 is 1. The van der Waals surface area contributed by atoms with Crippen molar-refractivity contribution in [3.8, 4) is 17.3 Å². The Labute approximate surface area is 283 Å². The third-order valence-electron chi connectivity index (χ3n) is 11.4. The van der Waals surface area contributed by atoms with Crippen LogP contribution < -0.4 is 16.0 Å². The number of carbonyl (C=O) groups excluding carboxylic acids is 2. The summed E-state index contributed by atoms with van der Waals surface area (Å²) in [7, 11) is 3.32. The molecule has 2 N–H and O–H groups in total. The maximum Gasteiger partial charge on any atom is 0.254 e. The topological polar surface area (TPSA) is 121 Å². The van der Waals surface area contributed by atoms with Crippen LogP contribution in [0.2, 0.25) is 0 Å². The molecule has 4 aliphatic rings. The van der Waals surface area contributed by atoms with E-state index < -0.39 is 0 Å². The monoisotopic (exact) mass is 659 g/mol. The van der Waals surface area contributed by atoms with Gasteiger partial charge >= 0.3 is 0 Å². The lowest BCUT2D eigenvalue weighted by molar-refractivity contribution is 0.0471. The predicted octanol–water partition coefficient (Wildman–Crippen LogP) is 4.11. The molecule has 9 rings (SSSR count). The lowest BCUT2D eigenvalue weighted by atomic mass is 9.98. The molecule has 0 radical (unpaired) electrons. The molecule has 2 saturated heterocycles. The van der Waals surface area contributed by atoms with Crippen molar-refractivity contribution in [2.45, 2.75) is 50.9 Å². The minimum Gasteiger partial charge on any atom is -0.494 e. The average molecular weight is 660 g/mol. The first-order valence-electron chi connectivity index (χ1n) is 17.5. The van der Waals surface area contributed by atoms with Crippen LogP contribution in [0.5, 0.6) is 5.75 Å². The third-order valence-corrected chi connectivity index (χ3v) is 11.4. The second-order valence-corrected chi connectivity index (χ2v) is 14.6. The molecule has 4 fully saturated rings. The Bertz CT molecular complexity index is 2200. The number of fused-ring (bicyclic) bond motifs is 4. The van der Waals surface area contributed by atoms with Crippen molar-refractivity contribution in [2.24, 2.45) is 30.5 Å². The summed E-state index contributed by atoms with van der Waals surface area (Å²) in [5.41, 5.74) is 11.0. The molecule has 5 aromatic rings. The zero-order chi connectivity index (χ0) is 33.6. The summed E-state index contributed by atoms with van der Waals surface area (Å²) in [6.07, 6.45) is 6.11. The van der Waals surface area contributed by atoms with Crippen molar-refractivity contribution < 1.29 is 14.3 Å². The summed E-state index contributed by atoms with van der Waals surface area (Å²) in [5.74, 6) is 2.45. The van der Waals surface area contributed by atoms with Gasteiger partial charge < -0.3 is 34.0 Å². The highest BCUT2D eigenvalue weighted by Gasteiger charge is 2.47. The highest BCUT2D eigenvalue weighted by atomic mass is 16.5. The van der Waals surface area contributed by atoms with Crippen LogP contribution in [0.4, 0.5) is 0 Å². The molecule has 3 atom stereocenters. The Hall–Kier alpha value is -4.90. The number of hydrogen-bond donors (Lipinski definition) is 1. The molecule has 0 spiro atoms. The standard InChI is InChI=1S/C38H41N7O4/c1-41-12-11-25(16-33(41)46)37(47)42-17-23(18-42)20-45-35-28(13-27(15-32(35)49-2)38(48)44-21-26-9-10-30(44)34(26)39)40-36(45)31-14-24-5-3-4-6-29(24)43(31)19-22-7-8-22/h3-6,11-16,22-23,26,30,34H,7-10,17-21,39H2,1-2H3/t26?,30?,34-/m1/s1. The molecule has 2 aliphatic heterocycles. The lowest BCUT2D eigenvalue weighted by Gasteiger charge is -2.39. The van der Waals surface area contributed by atoms with Crippen LogP contribution >= 0.6 is 0 Å². The Kier molecular flexibility index (Phi) is 6.98. The zero-order valence-electron chi connectivity index (χ0n) is 27.9. The van der Waals surface area contributed by atoms with Crippen LogP contribution in [-0.2, 0) is 20.1 Å². The molecular formula is C38H41N7O4. The van der Waals surface area contributed by atoms with Crippen molar-refractivity contribution >= 4 is 33.8 Å². The maximum atomic E-state index is 14.0. The average Bonchev–Trinajstić information content (AvgIpc) is 3.45. The molecule has 2 aromatic carbocycles. The number of pyridine rings is 1. The Balaban J connectivity index is 1.11. The van der Waals surface area contributed by atoms with Gasteiger partial charge in [0.1, 0.15) is 11.3 Å². The van der Waals surface area contributed by atoms with E-state index in [2.05, 4.69) is 39.5 Å². The minimum atomic E-state index is -0.205. The fraction of sp³-hybridized carbons (Fsp3) is 0.421. The number of nitrogens with zero attached hydrogens (tertiary/aromatic N) is 6. The smallest absolute Gasteiger partial charge is 0.254 e. The minimum absolute atomic E-state index is 0.0225. The molecule has 11 heteroatoms. The number of hydrogen-bond acceptors (Lipinski definition) is 6. The maximum absolute atomic E-state index is 14.0. The number of amides is 2. The molecule has 252 valence electrons. The third kappa shape index (κ3) is 4.96. The van der Waals surface area contributed by atoms with Crippen LogP contribution in [0, 0.1) is 17.8 Å². The Morgan fingerprint density at radius 3 is 2.41 bits per heavy atom. The van der Waals surface area contributed by atoms with E-state index >= 15 is 0 Å². The number of ether oxygens (including phenoxy) is 1. The number of piperidine rings is 1. The number of aromatic nitrogens is 4. The number of aryl methyl sites for hydroxylation is 1. The van der Waals surface area contributed by atoms with Crippen LogP contribution in [0.3, 0.4) is 0 Å². The molecule has 2 aliphatic carbocycles. The van der Waals surface area contributed by atoms with Crippen molar-refractivity contribution in [1.82, 2.24) is 28.5 Å². The summed E-state index contributed by atoms with van der Waals surface area (Å²) in [6.45, 7) is 3.36. The fourth-order valence-corrected chi connectivity index (χ4v) is 8.45. The van der Waals surface area contributed by atoms with Gasteiger partial charge in [-0.15, -0.1) is 0 Å². The van der Waals surface area contributed by atoms with E-state index in [4.69, 9.17) is 15.5 Å². The van der Waals surface area contributed by atoms with Crippen molar-refractivity contribution in [1.29, 1.82) is 0 Å². The van der Waals surface area contributed by atoms with Crippen molar-refractivity contribution in [3.63, 3.8) is 0 Å². The first-order chi connectivity index (χ1) is 23.8. The SMILES string of the molecule is COc1cc(C(=O)N2CC3CCC2[C@@H]3N)cc2nc(-c3cc4ccccc4n3CC3CC3)n(CC3CN(C(=O)c4ccn(C)c(=O)c4)C3)c12. The summed E-state index contributed by atoms with van der Waals surface area (Å²) >= 11 is 0. The van der Waals surface area contributed by atoms with Crippen molar-refractivity contribution in [2.75, 3.05) is 26.7 Å². The quantitative estimate of drug-likeness (QED) is 0.268. The first kappa shape index (κ1) is 30.2. The number of carbonyl (C=O) groups is 2. The normalized spacial score (nSPS) is 22.0. The summed E-state index contributed by atoms with van der Waals surface area (Å²) < 4.78 is 12.1. The molecule has 49 heavy (non-hydrogen) atoms. The number of para-hydroxylation sites is 1. The number of nitrogens with two attached hydrogens (primary N) is 1. The molecule has 2 unspecified atom stereocenters. The van der Waals surface area contributed by atoms with Gasteiger partial charge in [-0.2, -0.15) is 0 Å². The highest BCUT2D eigenvalue weighted by Crippen LogP contribution is 2.41. The second-order valence-electron chi connectivity index (χ2n) is 14.6. The summed E-state index contributed by atoms with van der Waals surface area (Å²) in [5, 5.41) is 1.16. The molecule has 3 aromatic heterocycles. The van der Waals surface area contributed by atoms with Gasteiger partial charge in [0.05, 0.1) is 18.3 Å². The number of imidazole rings is 1. The van der Waals surface area contributed by atoms with Gasteiger partial charge in [-0.25, -0.2) is 4.98 Å². The van der Waals surface area contributed by atoms with Crippen LogP contribution in [0.15, 0.2) is 65.6 Å². The Morgan fingerprint density at radius 1 is 0.898 bits per heavy atom. The van der Waals surface area contributed by atoms with E-state index in [9.17, 15) is 14.4 Å². The molecular weight excluding hydrogens is 618 g/mol.